The van der Waals surface area contributed by atoms with Crippen LogP contribution in [0.3, 0.4) is 0 Å². The number of benzene rings is 2. The zero-order valence-corrected chi connectivity index (χ0v) is 16.2. The van der Waals surface area contributed by atoms with E-state index in [0.717, 1.165) is 17.5 Å². The maximum Gasteiger partial charge on any atom is 0.0800 e. The standard InChI is InChI=1S/C22H16N.Zr/c1-13-11-12-17-19(14(13)2)20(15-7-3-4-8-15)21-16-9-5-6-10-18(16)23-22(17)21;/h3,5-7,9-12H,8H2,1-2H3;/q-1;. The Bertz CT molecular complexity index is 1190. The van der Waals surface area contributed by atoms with Crippen molar-refractivity contribution in [3.8, 4) is 0 Å². The molecule has 114 valence electrons. The fourth-order valence-electron chi connectivity index (χ4n) is 3.87. The minimum absolute atomic E-state index is 0. The topological polar surface area (TPSA) is 12.4 Å². The van der Waals surface area contributed by atoms with Crippen molar-refractivity contribution in [2.24, 2.45) is 4.99 Å². The largest absolute Gasteiger partial charge is 0.272 e. The Morgan fingerprint density at radius 1 is 0.958 bits per heavy atom. The first-order valence-corrected chi connectivity index (χ1v) is 8.05. The maximum absolute atomic E-state index is 4.95. The third-order valence-electron chi connectivity index (χ3n) is 5.15. The van der Waals surface area contributed by atoms with Crippen LogP contribution >= 0.6 is 0 Å². The van der Waals surface area contributed by atoms with Crippen LogP contribution in [-0.2, 0) is 26.2 Å². The number of para-hydroxylation sites is 1. The molecule has 1 aliphatic heterocycles. The van der Waals surface area contributed by atoms with E-state index >= 15 is 0 Å². The van der Waals surface area contributed by atoms with Crippen molar-refractivity contribution in [2.45, 2.75) is 20.3 Å². The number of allylic oxidation sites excluding steroid dienone is 4. The van der Waals surface area contributed by atoms with Crippen LogP contribution in [0.25, 0.3) is 16.8 Å². The number of rotatable bonds is 1. The molecule has 0 saturated heterocycles. The van der Waals surface area contributed by atoms with Gasteiger partial charge >= 0.3 is 0 Å². The van der Waals surface area contributed by atoms with Crippen LogP contribution in [0.15, 0.2) is 59.1 Å². The minimum Gasteiger partial charge on any atom is -0.272 e. The van der Waals surface area contributed by atoms with Crippen molar-refractivity contribution in [3.63, 3.8) is 0 Å². The smallest absolute Gasteiger partial charge is 0.0800 e. The normalized spacial score (nSPS) is 16.4. The van der Waals surface area contributed by atoms with Crippen LogP contribution in [0.4, 0.5) is 0 Å². The van der Waals surface area contributed by atoms with Crippen molar-refractivity contribution in [3.05, 3.63) is 92.3 Å². The van der Waals surface area contributed by atoms with E-state index in [9.17, 15) is 0 Å². The van der Waals surface area contributed by atoms with Crippen molar-refractivity contribution < 1.29 is 26.2 Å². The second-order valence-electron chi connectivity index (χ2n) is 6.40. The third kappa shape index (κ3) is 1.99. The number of aryl methyl sites for hydroxylation is 1. The van der Waals surface area contributed by atoms with Crippen molar-refractivity contribution in [1.82, 2.24) is 0 Å². The van der Waals surface area contributed by atoms with Crippen LogP contribution in [0.2, 0.25) is 0 Å². The SMILES string of the molecule is Cc1ccc2c(c1C)=C(C1=CC=[C-]C1)C1=c3ccccc3=NC=21.[Zr]. The molecular weight excluding hydrogens is 369 g/mol. The van der Waals surface area contributed by atoms with Crippen LogP contribution in [0.1, 0.15) is 17.5 Å². The van der Waals surface area contributed by atoms with Gasteiger partial charge in [0.15, 0.2) is 0 Å². The van der Waals surface area contributed by atoms with E-state index < -0.39 is 0 Å². The van der Waals surface area contributed by atoms with E-state index in [1.54, 1.807) is 0 Å². The van der Waals surface area contributed by atoms with Crippen molar-refractivity contribution in [2.75, 3.05) is 0 Å². The molecule has 2 aliphatic carbocycles. The molecule has 0 atom stereocenters. The first-order chi connectivity index (χ1) is 11.3. The Balaban J connectivity index is 0.00000146. The Labute approximate surface area is 160 Å². The van der Waals surface area contributed by atoms with Gasteiger partial charge in [-0.2, -0.15) is 0 Å². The van der Waals surface area contributed by atoms with Gasteiger partial charge in [-0.15, -0.1) is 12.0 Å². The Kier molecular flexibility index (Phi) is 3.69. The summed E-state index contributed by atoms with van der Waals surface area (Å²) in [7, 11) is 0. The molecule has 0 fully saturated rings. The van der Waals surface area contributed by atoms with Gasteiger partial charge in [-0.05, 0) is 41.8 Å². The summed E-state index contributed by atoms with van der Waals surface area (Å²) in [5, 5.41) is 5.01. The average molecular weight is 386 g/mol. The number of hydrogen-bond donors (Lipinski definition) is 0. The van der Waals surface area contributed by atoms with E-state index in [1.165, 1.54) is 43.5 Å². The van der Waals surface area contributed by atoms with Gasteiger partial charge in [-0.25, -0.2) is 17.1 Å². The molecule has 0 radical (unpaired) electrons. The van der Waals surface area contributed by atoms with Crippen molar-refractivity contribution in [1.29, 1.82) is 0 Å². The second-order valence-corrected chi connectivity index (χ2v) is 6.40. The monoisotopic (exact) mass is 384 g/mol. The second kappa shape index (κ2) is 5.64. The van der Waals surface area contributed by atoms with E-state index in [1.807, 2.05) is 6.08 Å². The van der Waals surface area contributed by atoms with E-state index in [4.69, 9.17) is 4.99 Å². The van der Waals surface area contributed by atoms with E-state index in [2.05, 4.69) is 62.4 Å². The number of nitrogens with zero attached hydrogens (tertiary/aromatic N) is 1. The van der Waals surface area contributed by atoms with E-state index in [0.29, 0.717) is 0 Å². The minimum atomic E-state index is 0. The molecule has 0 saturated carbocycles. The average Bonchev–Trinajstić information content (AvgIpc) is 3.25. The molecular formula is C22H16NZr-. The molecule has 0 spiro atoms. The molecule has 0 aromatic heterocycles. The molecule has 0 unspecified atom stereocenters. The maximum atomic E-state index is 4.95. The Hall–Kier alpha value is -1.79. The van der Waals surface area contributed by atoms with Gasteiger partial charge < -0.3 is 0 Å². The summed E-state index contributed by atoms with van der Waals surface area (Å²) in [5.41, 5.74) is 7.89. The molecule has 0 N–H and O–H groups in total. The molecule has 1 heterocycles. The summed E-state index contributed by atoms with van der Waals surface area (Å²) in [6.45, 7) is 4.42. The van der Waals surface area contributed by atoms with Crippen LogP contribution in [0.5, 0.6) is 0 Å². The molecule has 24 heavy (non-hydrogen) atoms. The van der Waals surface area contributed by atoms with Gasteiger partial charge in [0.1, 0.15) is 0 Å². The molecule has 0 bridgehead atoms. The summed E-state index contributed by atoms with van der Waals surface area (Å²) in [6, 6.07) is 12.9. The molecule has 2 aromatic carbocycles. The van der Waals surface area contributed by atoms with Crippen LogP contribution in [-0.4, -0.2) is 0 Å². The molecule has 3 aliphatic rings. The summed E-state index contributed by atoms with van der Waals surface area (Å²) >= 11 is 0. The van der Waals surface area contributed by atoms with Gasteiger partial charge in [0, 0.05) is 42.2 Å². The molecule has 1 nitrogen and oxygen atoms in total. The number of hydrogen-bond acceptors (Lipinski definition) is 1. The van der Waals surface area contributed by atoms with Crippen LogP contribution in [0, 0.1) is 19.9 Å². The molecule has 2 aromatic rings. The fourth-order valence-corrected chi connectivity index (χ4v) is 3.87. The summed E-state index contributed by atoms with van der Waals surface area (Å²) < 4.78 is 0. The van der Waals surface area contributed by atoms with E-state index in [-0.39, 0.29) is 26.2 Å². The van der Waals surface area contributed by atoms with Gasteiger partial charge in [-0.1, -0.05) is 30.3 Å². The molecule has 0 amide bonds. The van der Waals surface area contributed by atoms with Gasteiger partial charge in [0.05, 0.1) is 11.1 Å². The first-order valence-electron chi connectivity index (χ1n) is 8.05. The fraction of sp³-hybridized carbons (Fsp3) is 0.136. The molecule has 5 rings (SSSR count). The van der Waals surface area contributed by atoms with Gasteiger partial charge in [-0.3, -0.25) is 6.08 Å². The molecule has 2 heteroatoms. The van der Waals surface area contributed by atoms with Gasteiger partial charge in [0.25, 0.3) is 0 Å². The predicted molar refractivity (Wildman–Crippen MR) is 93.1 cm³/mol. The zero-order chi connectivity index (χ0) is 15.6. The van der Waals surface area contributed by atoms with Crippen molar-refractivity contribution >= 4 is 16.8 Å². The van der Waals surface area contributed by atoms with Crippen LogP contribution < -0.4 is 21.0 Å². The van der Waals surface area contributed by atoms with Gasteiger partial charge in [0.2, 0.25) is 0 Å². The first kappa shape index (κ1) is 15.7. The summed E-state index contributed by atoms with van der Waals surface area (Å²) in [4.78, 5) is 4.95. The Morgan fingerprint density at radius 3 is 2.58 bits per heavy atom. The summed E-state index contributed by atoms with van der Waals surface area (Å²) in [6.07, 6.45) is 8.47. The summed E-state index contributed by atoms with van der Waals surface area (Å²) in [5.74, 6) is 0. The number of fused-ring (bicyclic) bond motifs is 3. The predicted octanol–water partition coefficient (Wildman–Crippen LogP) is 1.75. The Morgan fingerprint density at radius 2 is 1.79 bits per heavy atom. The third-order valence-corrected chi connectivity index (χ3v) is 5.15. The zero-order valence-electron chi connectivity index (χ0n) is 13.8. The quantitative estimate of drug-likeness (QED) is 0.663.